The molecule has 2 N–H and O–H groups in total. The molecule has 0 unspecified atom stereocenters. The summed E-state index contributed by atoms with van der Waals surface area (Å²) in [7, 11) is 0. The molecule has 1 fully saturated rings. The molecule has 1 aliphatic carbocycles. The zero-order chi connectivity index (χ0) is 24.5. The number of hydrogen-bond donors (Lipinski definition) is 2. The largest absolute Gasteiger partial charge is 0.492 e. The number of nitrogens with zero attached hydrogens (tertiary/aromatic N) is 3. The summed E-state index contributed by atoms with van der Waals surface area (Å²) >= 11 is 0. The lowest BCUT2D eigenvalue weighted by molar-refractivity contribution is 0.0944. The molecule has 0 spiro atoms. The zero-order valence-electron chi connectivity index (χ0n) is 19.8. The van der Waals surface area contributed by atoms with Crippen molar-refractivity contribution < 1.29 is 14.6 Å². The number of carbonyl (C=O) groups is 1. The van der Waals surface area contributed by atoms with Crippen LogP contribution in [0.3, 0.4) is 0 Å². The number of fused-ring (bicyclic) bond motifs is 1. The Morgan fingerprint density at radius 3 is 2.66 bits per heavy atom. The van der Waals surface area contributed by atoms with Crippen molar-refractivity contribution in [3.8, 4) is 22.8 Å². The highest BCUT2D eigenvalue weighted by Gasteiger charge is 2.30. The van der Waals surface area contributed by atoms with Crippen LogP contribution in [0.2, 0.25) is 0 Å². The fourth-order valence-electron chi connectivity index (χ4n) is 4.11. The van der Waals surface area contributed by atoms with Gasteiger partial charge in [-0.15, -0.1) is 0 Å². The van der Waals surface area contributed by atoms with Crippen LogP contribution in [0.15, 0.2) is 65.6 Å². The number of rotatable bonds is 8. The van der Waals surface area contributed by atoms with Gasteiger partial charge in [-0.1, -0.05) is 56.3 Å². The number of aromatic nitrogens is 3. The number of nitrogens with one attached hydrogen (secondary N) is 1. The van der Waals surface area contributed by atoms with E-state index in [1.165, 1.54) is 9.08 Å². The molecule has 0 atom stereocenters. The van der Waals surface area contributed by atoms with E-state index in [2.05, 4.69) is 10.4 Å². The van der Waals surface area contributed by atoms with Gasteiger partial charge in [0.2, 0.25) is 5.88 Å². The predicted molar refractivity (Wildman–Crippen MR) is 133 cm³/mol. The number of amides is 1. The Hall–Kier alpha value is -4.07. The molecule has 2 heterocycles. The molecule has 1 aliphatic rings. The van der Waals surface area contributed by atoms with Crippen LogP contribution in [-0.2, 0) is 13.2 Å². The summed E-state index contributed by atoms with van der Waals surface area (Å²) in [5.41, 5.74) is 2.14. The Morgan fingerprint density at radius 2 is 1.94 bits per heavy atom. The maximum Gasteiger partial charge on any atom is 0.270 e. The van der Waals surface area contributed by atoms with Crippen LogP contribution in [0.5, 0.6) is 11.6 Å². The van der Waals surface area contributed by atoms with E-state index in [1.807, 2.05) is 68.4 Å². The average molecular weight is 473 g/mol. The number of ether oxygens (including phenoxy) is 1. The fourth-order valence-corrected chi connectivity index (χ4v) is 4.11. The van der Waals surface area contributed by atoms with Gasteiger partial charge in [-0.25, -0.2) is 0 Å². The first-order valence-corrected chi connectivity index (χ1v) is 11.8. The highest BCUT2D eigenvalue weighted by atomic mass is 16.5. The van der Waals surface area contributed by atoms with E-state index in [1.54, 1.807) is 6.20 Å². The molecule has 2 aromatic carbocycles. The van der Waals surface area contributed by atoms with Gasteiger partial charge in [0.05, 0.1) is 6.20 Å². The second kappa shape index (κ2) is 9.29. The predicted octanol–water partition coefficient (Wildman–Crippen LogP) is 4.00. The van der Waals surface area contributed by atoms with Crippen molar-refractivity contribution in [2.24, 2.45) is 5.92 Å². The standard InChI is InChI=1S/C27H28N4O4/c1-17(2)15-30-25-22(19-9-6-10-21(13-19)35-16-18-7-4-3-5-8-18)14-28-31(25)27(34)23(26(30)33)24(32)29-20-11-12-20/h3-10,13-14,17,20,34H,11-12,15-16H2,1-2H3,(H,29,32). The smallest absolute Gasteiger partial charge is 0.270 e. The Balaban J connectivity index is 1.57. The molecule has 0 aliphatic heterocycles. The minimum atomic E-state index is -0.567. The Labute approximate surface area is 202 Å². The van der Waals surface area contributed by atoms with Gasteiger partial charge in [0.25, 0.3) is 11.5 Å². The van der Waals surface area contributed by atoms with Crippen molar-refractivity contribution >= 4 is 11.6 Å². The lowest BCUT2D eigenvalue weighted by Crippen LogP contribution is -2.36. The summed E-state index contributed by atoms with van der Waals surface area (Å²) in [4.78, 5) is 26.3. The molecule has 180 valence electrons. The van der Waals surface area contributed by atoms with Crippen molar-refractivity contribution in [3.63, 3.8) is 0 Å². The van der Waals surface area contributed by atoms with Gasteiger partial charge >= 0.3 is 0 Å². The monoisotopic (exact) mass is 472 g/mol. The summed E-state index contributed by atoms with van der Waals surface area (Å²) in [6, 6.07) is 17.5. The molecular weight excluding hydrogens is 444 g/mol. The Bertz CT molecular complexity index is 1440. The number of benzene rings is 2. The second-order valence-corrected chi connectivity index (χ2v) is 9.35. The minimum absolute atomic E-state index is 0.0577. The molecule has 8 nitrogen and oxygen atoms in total. The van der Waals surface area contributed by atoms with E-state index in [9.17, 15) is 14.7 Å². The van der Waals surface area contributed by atoms with E-state index < -0.39 is 17.3 Å². The molecule has 35 heavy (non-hydrogen) atoms. The summed E-state index contributed by atoms with van der Waals surface area (Å²) in [6.07, 6.45) is 3.36. The SMILES string of the molecule is CC(C)Cn1c(=O)c(C(=O)NC2CC2)c(O)n2ncc(-c3cccc(OCc4ccccc4)c3)c12. The third kappa shape index (κ3) is 4.64. The van der Waals surface area contributed by atoms with Gasteiger partial charge in [0.1, 0.15) is 12.4 Å². The number of hydrogen-bond acceptors (Lipinski definition) is 5. The lowest BCUT2D eigenvalue weighted by atomic mass is 10.1. The lowest BCUT2D eigenvalue weighted by Gasteiger charge is -2.16. The molecule has 0 saturated heterocycles. The molecule has 8 heteroatoms. The maximum atomic E-state index is 13.5. The normalized spacial score (nSPS) is 13.3. The van der Waals surface area contributed by atoms with Crippen LogP contribution >= 0.6 is 0 Å². The van der Waals surface area contributed by atoms with Crippen LogP contribution in [0.25, 0.3) is 16.8 Å². The Morgan fingerprint density at radius 1 is 1.17 bits per heavy atom. The van der Waals surface area contributed by atoms with Gasteiger partial charge < -0.3 is 15.2 Å². The van der Waals surface area contributed by atoms with E-state index in [0.717, 1.165) is 24.0 Å². The van der Waals surface area contributed by atoms with Crippen LogP contribution in [0.1, 0.15) is 42.6 Å². The first kappa shape index (κ1) is 22.7. The van der Waals surface area contributed by atoms with Crippen molar-refractivity contribution in [1.82, 2.24) is 19.5 Å². The van der Waals surface area contributed by atoms with Gasteiger partial charge in [-0.3, -0.25) is 14.2 Å². The minimum Gasteiger partial charge on any atom is -0.492 e. The maximum absolute atomic E-state index is 13.5. The molecule has 4 aromatic rings. The molecule has 0 bridgehead atoms. The number of aromatic hydroxyl groups is 1. The van der Waals surface area contributed by atoms with Gasteiger partial charge in [0, 0.05) is 18.2 Å². The van der Waals surface area contributed by atoms with Crippen molar-refractivity contribution in [2.45, 2.75) is 45.9 Å². The van der Waals surface area contributed by atoms with E-state index in [0.29, 0.717) is 30.1 Å². The fraction of sp³-hybridized carbons (Fsp3) is 0.296. The first-order chi connectivity index (χ1) is 16.9. The van der Waals surface area contributed by atoms with Gasteiger partial charge in [-0.05, 0) is 42.0 Å². The molecule has 2 aromatic heterocycles. The second-order valence-electron chi connectivity index (χ2n) is 9.35. The summed E-state index contributed by atoms with van der Waals surface area (Å²) in [5, 5.41) is 18.1. The van der Waals surface area contributed by atoms with Crippen LogP contribution in [-0.4, -0.2) is 31.2 Å². The summed E-state index contributed by atoms with van der Waals surface area (Å²) in [5.74, 6) is -0.217. The Kier molecular flexibility index (Phi) is 6.03. The third-order valence-electron chi connectivity index (χ3n) is 5.96. The van der Waals surface area contributed by atoms with Crippen LogP contribution in [0.4, 0.5) is 0 Å². The van der Waals surface area contributed by atoms with Gasteiger partial charge in [-0.2, -0.15) is 9.61 Å². The molecule has 1 saturated carbocycles. The van der Waals surface area contributed by atoms with E-state index in [-0.39, 0.29) is 17.5 Å². The molecular formula is C27H28N4O4. The quantitative estimate of drug-likeness (QED) is 0.404. The summed E-state index contributed by atoms with van der Waals surface area (Å²) < 4.78 is 8.79. The number of carbonyl (C=O) groups excluding carboxylic acids is 1. The molecule has 5 rings (SSSR count). The van der Waals surface area contributed by atoms with Gasteiger partial charge in [0.15, 0.2) is 11.2 Å². The van der Waals surface area contributed by atoms with Crippen molar-refractivity contribution in [3.05, 3.63) is 82.3 Å². The van der Waals surface area contributed by atoms with Crippen LogP contribution in [0, 0.1) is 5.92 Å². The topological polar surface area (TPSA) is 97.9 Å². The van der Waals surface area contributed by atoms with Crippen LogP contribution < -0.4 is 15.6 Å². The summed E-state index contributed by atoms with van der Waals surface area (Å²) in [6.45, 7) is 4.79. The third-order valence-corrected chi connectivity index (χ3v) is 5.96. The highest BCUT2D eigenvalue weighted by molar-refractivity contribution is 5.97. The average Bonchev–Trinajstić information content (AvgIpc) is 3.55. The molecule has 1 amide bonds. The zero-order valence-corrected chi connectivity index (χ0v) is 19.8. The first-order valence-electron chi connectivity index (χ1n) is 11.8. The van der Waals surface area contributed by atoms with E-state index in [4.69, 9.17) is 4.74 Å². The molecule has 0 radical (unpaired) electrons. The van der Waals surface area contributed by atoms with Crippen molar-refractivity contribution in [1.29, 1.82) is 0 Å². The van der Waals surface area contributed by atoms with Crippen molar-refractivity contribution in [2.75, 3.05) is 0 Å². The highest BCUT2D eigenvalue weighted by Crippen LogP contribution is 2.30. The van der Waals surface area contributed by atoms with E-state index >= 15 is 0 Å².